The van der Waals surface area contributed by atoms with Crippen molar-refractivity contribution in [2.24, 2.45) is 0 Å². The summed E-state index contributed by atoms with van der Waals surface area (Å²) in [6, 6.07) is 7.77. The molecule has 2 heterocycles. The van der Waals surface area contributed by atoms with E-state index in [0.29, 0.717) is 11.1 Å². The van der Waals surface area contributed by atoms with Crippen LogP contribution in [0.3, 0.4) is 0 Å². The van der Waals surface area contributed by atoms with Crippen LogP contribution in [0.5, 0.6) is 0 Å². The second-order valence-corrected chi connectivity index (χ2v) is 6.01. The van der Waals surface area contributed by atoms with Crippen LogP contribution in [0.4, 0.5) is 10.5 Å². The van der Waals surface area contributed by atoms with Gasteiger partial charge in [-0.15, -0.1) is 0 Å². The van der Waals surface area contributed by atoms with E-state index in [9.17, 15) is 4.79 Å². The lowest BCUT2D eigenvalue weighted by molar-refractivity contribution is 0.210. The Labute approximate surface area is 124 Å². The first-order valence-electron chi connectivity index (χ1n) is 7.28. The Hall–Kier alpha value is -1.26. The lowest BCUT2D eigenvalue weighted by atomic mass is 10.2. The van der Waals surface area contributed by atoms with Gasteiger partial charge in [0.2, 0.25) is 0 Å². The number of nitrogens with one attached hydrogen (secondary N) is 1. The third kappa shape index (κ3) is 3.07. The Balaban J connectivity index is 1.54. The molecule has 0 saturated carbocycles. The van der Waals surface area contributed by atoms with Crippen LogP contribution in [-0.2, 0) is 0 Å². The van der Waals surface area contributed by atoms with Crippen LogP contribution in [0.2, 0.25) is 5.02 Å². The van der Waals surface area contributed by atoms with Crippen molar-refractivity contribution in [3.8, 4) is 0 Å². The van der Waals surface area contributed by atoms with Gasteiger partial charge in [0.1, 0.15) is 0 Å². The number of anilines is 1. The van der Waals surface area contributed by atoms with Crippen LogP contribution in [0.15, 0.2) is 24.3 Å². The molecule has 0 aromatic heterocycles. The SMILES string of the molecule is O=C(Nc1ccc(Cl)cc1)N1CCC(N2CCCC2)C1. The van der Waals surface area contributed by atoms with Crippen LogP contribution in [0.25, 0.3) is 0 Å². The van der Waals surface area contributed by atoms with Crippen molar-refractivity contribution in [3.05, 3.63) is 29.3 Å². The van der Waals surface area contributed by atoms with E-state index in [4.69, 9.17) is 11.6 Å². The van der Waals surface area contributed by atoms with Gasteiger partial charge in [-0.25, -0.2) is 4.79 Å². The molecule has 20 heavy (non-hydrogen) atoms. The molecule has 108 valence electrons. The van der Waals surface area contributed by atoms with E-state index in [2.05, 4.69) is 10.2 Å². The normalized spacial score (nSPS) is 23.2. The van der Waals surface area contributed by atoms with Crippen LogP contribution in [0.1, 0.15) is 19.3 Å². The molecule has 4 nitrogen and oxygen atoms in total. The molecule has 2 fully saturated rings. The first kappa shape index (κ1) is 13.7. The summed E-state index contributed by atoms with van der Waals surface area (Å²) < 4.78 is 0. The zero-order valence-corrected chi connectivity index (χ0v) is 12.3. The molecule has 2 aliphatic heterocycles. The highest BCUT2D eigenvalue weighted by Crippen LogP contribution is 2.21. The Morgan fingerprint density at radius 1 is 1.15 bits per heavy atom. The number of nitrogens with zero attached hydrogens (tertiary/aromatic N) is 2. The summed E-state index contributed by atoms with van der Waals surface area (Å²) in [5.41, 5.74) is 0.795. The smallest absolute Gasteiger partial charge is 0.321 e. The maximum absolute atomic E-state index is 12.2. The summed E-state index contributed by atoms with van der Waals surface area (Å²) in [6.45, 7) is 4.08. The molecule has 1 aromatic rings. The minimum absolute atomic E-state index is 0.00554. The van der Waals surface area contributed by atoms with Crippen molar-refractivity contribution in [2.75, 3.05) is 31.5 Å². The van der Waals surface area contributed by atoms with Crippen LogP contribution in [-0.4, -0.2) is 48.1 Å². The van der Waals surface area contributed by atoms with Crippen molar-refractivity contribution in [1.29, 1.82) is 0 Å². The molecule has 0 radical (unpaired) electrons. The number of hydrogen-bond donors (Lipinski definition) is 1. The first-order chi connectivity index (χ1) is 9.72. The number of carbonyl (C=O) groups is 1. The second kappa shape index (κ2) is 6.02. The molecule has 2 aliphatic rings. The second-order valence-electron chi connectivity index (χ2n) is 5.57. The van der Waals surface area contributed by atoms with Crippen molar-refractivity contribution >= 4 is 23.3 Å². The van der Waals surface area contributed by atoms with E-state index < -0.39 is 0 Å². The van der Waals surface area contributed by atoms with Gasteiger partial charge in [-0.05, 0) is 56.6 Å². The highest BCUT2D eigenvalue weighted by molar-refractivity contribution is 6.30. The summed E-state index contributed by atoms with van der Waals surface area (Å²) in [5.74, 6) is 0. The molecule has 1 aromatic carbocycles. The van der Waals surface area contributed by atoms with E-state index in [1.54, 1.807) is 12.1 Å². The number of likely N-dealkylation sites (tertiary alicyclic amines) is 2. The number of carbonyl (C=O) groups excluding carboxylic acids is 1. The Morgan fingerprint density at radius 3 is 2.55 bits per heavy atom. The van der Waals surface area contributed by atoms with Crippen molar-refractivity contribution in [3.63, 3.8) is 0 Å². The number of rotatable bonds is 2. The number of halogens is 1. The van der Waals surface area contributed by atoms with Crippen LogP contribution < -0.4 is 5.32 Å². The summed E-state index contributed by atoms with van der Waals surface area (Å²) in [5, 5.41) is 3.61. The molecule has 2 amide bonds. The maximum atomic E-state index is 12.2. The highest BCUT2D eigenvalue weighted by atomic mass is 35.5. The summed E-state index contributed by atoms with van der Waals surface area (Å²) in [7, 11) is 0. The third-order valence-electron chi connectivity index (χ3n) is 4.20. The fourth-order valence-corrected chi connectivity index (χ4v) is 3.19. The minimum atomic E-state index is -0.00554. The van der Waals surface area contributed by atoms with E-state index in [1.165, 1.54) is 25.9 Å². The first-order valence-corrected chi connectivity index (χ1v) is 7.66. The molecule has 2 saturated heterocycles. The maximum Gasteiger partial charge on any atom is 0.321 e. The number of benzene rings is 1. The Morgan fingerprint density at radius 2 is 1.85 bits per heavy atom. The lowest BCUT2D eigenvalue weighted by Gasteiger charge is -2.23. The molecule has 1 atom stereocenters. The monoisotopic (exact) mass is 293 g/mol. The van der Waals surface area contributed by atoms with E-state index >= 15 is 0 Å². The van der Waals surface area contributed by atoms with Gasteiger partial charge in [-0.3, -0.25) is 4.90 Å². The number of hydrogen-bond acceptors (Lipinski definition) is 2. The van der Waals surface area contributed by atoms with Gasteiger partial charge in [0, 0.05) is 29.8 Å². The number of amides is 2. The summed E-state index contributed by atoms with van der Waals surface area (Å²) in [6.07, 6.45) is 3.69. The van der Waals surface area contributed by atoms with Gasteiger partial charge in [-0.2, -0.15) is 0 Å². The molecular weight excluding hydrogens is 274 g/mol. The molecule has 5 heteroatoms. The Kier molecular flexibility index (Phi) is 4.13. The molecule has 0 spiro atoms. The minimum Gasteiger partial charge on any atom is -0.323 e. The van der Waals surface area contributed by atoms with E-state index in [-0.39, 0.29) is 6.03 Å². The number of urea groups is 1. The largest absolute Gasteiger partial charge is 0.323 e. The van der Waals surface area contributed by atoms with Crippen LogP contribution >= 0.6 is 11.6 Å². The third-order valence-corrected chi connectivity index (χ3v) is 4.46. The van der Waals surface area contributed by atoms with Gasteiger partial charge in [0.05, 0.1) is 0 Å². The zero-order valence-electron chi connectivity index (χ0n) is 11.5. The standard InChI is InChI=1S/C15H20ClN3O/c16-12-3-5-13(6-4-12)17-15(20)19-10-7-14(11-19)18-8-1-2-9-18/h3-6,14H,1-2,7-11H2,(H,17,20). The fraction of sp³-hybridized carbons (Fsp3) is 0.533. The molecular formula is C15H20ClN3O. The highest BCUT2D eigenvalue weighted by Gasteiger charge is 2.31. The van der Waals surface area contributed by atoms with Crippen LogP contribution in [0, 0.1) is 0 Å². The van der Waals surface area contributed by atoms with Gasteiger partial charge in [-0.1, -0.05) is 11.6 Å². The van der Waals surface area contributed by atoms with Gasteiger partial charge in [0.15, 0.2) is 0 Å². The van der Waals surface area contributed by atoms with Crippen molar-refractivity contribution in [2.45, 2.75) is 25.3 Å². The molecule has 0 bridgehead atoms. The average molecular weight is 294 g/mol. The Bertz CT molecular complexity index is 471. The topological polar surface area (TPSA) is 35.6 Å². The molecule has 0 aliphatic carbocycles. The van der Waals surface area contributed by atoms with Gasteiger partial charge in [0.25, 0.3) is 0 Å². The van der Waals surface area contributed by atoms with Crippen molar-refractivity contribution < 1.29 is 4.79 Å². The van der Waals surface area contributed by atoms with Gasteiger partial charge < -0.3 is 10.2 Å². The summed E-state index contributed by atoms with van der Waals surface area (Å²) in [4.78, 5) is 16.7. The van der Waals surface area contributed by atoms with Crippen molar-refractivity contribution in [1.82, 2.24) is 9.80 Å². The summed E-state index contributed by atoms with van der Waals surface area (Å²) >= 11 is 5.84. The predicted octanol–water partition coefficient (Wildman–Crippen LogP) is 3.04. The van der Waals surface area contributed by atoms with E-state index in [0.717, 1.165) is 25.2 Å². The average Bonchev–Trinajstić information content (AvgIpc) is 3.11. The lowest BCUT2D eigenvalue weighted by Crippen LogP contribution is -2.38. The van der Waals surface area contributed by atoms with Gasteiger partial charge >= 0.3 is 6.03 Å². The zero-order chi connectivity index (χ0) is 13.9. The van der Waals surface area contributed by atoms with E-state index in [1.807, 2.05) is 17.0 Å². The predicted molar refractivity (Wildman–Crippen MR) is 81.3 cm³/mol. The fourth-order valence-electron chi connectivity index (χ4n) is 3.07. The molecule has 3 rings (SSSR count). The molecule has 1 unspecified atom stereocenters. The quantitative estimate of drug-likeness (QED) is 0.910. The molecule has 1 N–H and O–H groups in total.